The van der Waals surface area contributed by atoms with Crippen LogP contribution in [-0.4, -0.2) is 28.9 Å². The lowest BCUT2D eigenvalue weighted by molar-refractivity contribution is -0.119. The largest absolute Gasteiger partial charge is 0.396 e. The Morgan fingerprint density at radius 2 is 1.59 bits per heavy atom. The Hall–Kier alpha value is -1.16. The summed E-state index contributed by atoms with van der Waals surface area (Å²) in [6.45, 7) is 14.4. The van der Waals surface area contributed by atoms with Gasteiger partial charge in [-0.2, -0.15) is 0 Å². The number of hydrogen-bond acceptors (Lipinski definition) is 3. The van der Waals surface area contributed by atoms with E-state index in [1.165, 1.54) is 18.6 Å². The SMILES string of the molecule is CC(C)CC(C)C.CCC(=O)/C=C/C(=O)NC(C)(C)CCO. The van der Waals surface area contributed by atoms with Gasteiger partial charge >= 0.3 is 0 Å². The van der Waals surface area contributed by atoms with Crippen LogP contribution in [0.4, 0.5) is 0 Å². The highest BCUT2D eigenvalue weighted by Gasteiger charge is 2.18. The normalized spacial score (nSPS) is 11.5. The Balaban J connectivity index is 0. The third-order valence-electron chi connectivity index (χ3n) is 2.91. The van der Waals surface area contributed by atoms with Crippen LogP contribution in [0.1, 0.15) is 67.7 Å². The molecule has 0 aliphatic rings. The van der Waals surface area contributed by atoms with Gasteiger partial charge < -0.3 is 10.4 Å². The minimum absolute atomic E-state index is 0.0187. The van der Waals surface area contributed by atoms with Gasteiger partial charge in [0.25, 0.3) is 0 Å². The summed E-state index contributed by atoms with van der Waals surface area (Å²) < 4.78 is 0. The van der Waals surface area contributed by atoms with Crippen molar-refractivity contribution in [3.63, 3.8) is 0 Å². The zero-order valence-electron chi connectivity index (χ0n) is 15.4. The zero-order valence-corrected chi connectivity index (χ0v) is 15.4. The first-order valence-corrected chi connectivity index (χ1v) is 8.18. The number of allylic oxidation sites excluding steroid dienone is 1. The lowest BCUT2D eigenvalue weighted by atomic mass is 10.0. The molecule has 1 amide bonds. The van der Waals surface area contributed by atoms with E-state index in [0.29, 0.717) is 12.8 Å². The first-order chi connectivity index (χ1) is 10.0. The predicted molar refractivity (Wildman–Crippen MR) is 92.7 cm³/mol. The Kier molecular flexibility index (Phi) is 13.0. The van der Waals surface area contributed by atoms with Crippen molar-refractivity contribution in [3.05, 3.63) is 12.2 Å². The van der Waals surface area contributed by atoms with Crippen molar-refractivity contribution < 1.29 is 14.7 Å². The summed E-state index contributed by atoms with van der Waals surface area (Å²) in [5.74, 6) is 1.36. The van der Waals surface area contributed by atoms with E-state index in [1.54, 1.807) is 6.92 Å². The molecule has 0 rings (SSSR count). The van der Waals surface area contributed by atoms with Gasteiger partial charge in [0.05, 0.1) is 0 Å². The lowest BCUT2D eigenvalue weighted by Crippen LogP contribution is -2.43. The van der Waals surface area contributed by atoms with Gasteiger partial charge in [0.15, 0.2) is 5.78 Å². The van der Waals surface area contributed by atoms with Crippen LogP contribution in [0.5, 0.6) is 0 Å². The van der Waals surface area contributed by atoms with E-state index in [2.05, 4.69) is 33.0 Å². The third kappa shape index (κ3) is 16.9. The molecule has 4 heteroatoms. The van der Waals surface area contributed by atoms with E-state index < -0.39 is 5.54 Å². The van der Waals surface area contributed by atoms with Crippen LogP contribution in [0.15, 0.2) is 12.2 Å². The molecule has 0 heterocycles. The summed E-state index contributed by atoms with van der Waals surface area (Å²) in [6.07, 6.45) is 4.73. The van der Waals surface area contributed by atoms with E-state index in [4.69, 9.17) is 5.11 Å². The molecule has 0 spiro atoms. The molecular formula is C18H35NO3. The second-order valence-corrected chi connectivity index (χ2v) is 7.02. The average molecular weight is 313 g/mol. The van der Waals surface area contributed by atoms with Crippen molar-refractivity contribution in [3.8, 4) is 0 Å². The molecule has 0 bridgehead atoms. The number of ketones is 1. The highest BCUT2D eigenvalue weighted by atomic mass is 16.3. The maximum Gasteiger partial charge on any atom is 0.244 e. The van der Waals surface area contributed by atoms with Crippen LogP contribution in [0.3, 0.4) is 0 Å². The van der Waals surface area contributed by atoms with Crippen LogP contribution < -0.4 is 5.32 Å². The van der Waals surface area contributed by atoms with Gasteiger partial charge in [-0.3, -0.25) is 9.59 Å². The van der Waals surface area contributed by atoms with Crippen molar-refractivity contribution >= 4 is 11.7 Å². The fourth-order valence-corrected chi connectivity index (χ4v) is 1.95. The first-order valence-electron chi connectivity index (χ1n) is 8.18. The molecule has 0 aromatic carbocycles. The van der Waals surface area contributed by atoms with Crippen LogP contribution in [0, 0.1) is 11.8 Å². The molecule has 22 heavy (non-hydrogen) atoms. The Morgan fingerprint density at radius 3 is 1.91 bits per heavy atom. The van der Waals surface area contributed by atoms with Gasteiger partial charge in [0, 0.05) is 24.6 Å². The summed E-state index contributed by atoms with van der Waals surface area (Å²) in [5.41, 5.74) is -0.453. The summed E-state index contributed by atoms with van der Waals surface area (Å²) in [4.78, 5) is 22.2. The second-order valence-electron chi connectivity index (χ2n) is 7.02. The summed E-state index contributed by atoms with van der Waals surface area (Å²) in [7, 11) is 0. The number of carbonyl (C=O) groups excluding carboxylic acids is 2. The van der Waals surface area contributed by atoms with Gasteiger partial charge in [-0.05, 0) is 44.6 Å². The molecule has 0 aromatic rings. The molecule has 0 aromatic heterocycles. The molecule has 0 aliphatic heterocycles. The number of rotatable bonds is 8. The fraction of sp³-hybridized carbons (Fsp3) is 0.778. The highest BCUT2D eigenvalue weighted by molar-refractivity contribution is 5.97. The van der Waals surface area contributed by atoms with Crippen LogP contribution in [0.25, 0.3) is 0 Å². The molecular weight excluding hydrogens is 278 g/mol. The lowest BCUT2D eigenvalue weighted by Gasteiger charge is -2.24. The molecule has 0 atom stereocenters. The van der Waals surface area contributed by atoms with Crippen molar-refractivity contribution in [2.45, 2.75) is 73.3 Å². The van der Waals surface area contributed by atoms with E-state index in [0.717, 1.165) is 11.8 Å². The van der Waals surface area contributed by atoms with Crippen LogP contribution in [-0.2, 0) is 9.59 Å². The summed E-state index contributed by atoms with van der Waals surface area (Å²) >= 11 is 0. The minimum atomic E-state index is -0.453. The Bertz CT molecular complexity index is 338. The summed E-state index contributed by atoms with van der Waals surface area (Å²) in [5, 5.41) is 11.4. The molecule has 0 unspecified atom stereocenters. The van der Waals surface area contributed by atoms with Gasteiger partial charge in [-0.15, -0.1) is 0 Å². The third-order valence-corrected chi connectivity index (χ3v) is 2.91. The fourth-order valence-electron chi connectivity index (χ4n) is 1.95. The van der Waals surface area contributed by atoms with Crippen molar-refractivity contribution in [1.82, 2.24) is 5.32 Å². The van der Waals surface area contributed by atoms with E-state index in [1.807, 2.05) is 13.8 Å². The molecule has 130 valence electrons. The van der Waals surface area contributed by atoms with Gasteiger partial charge in [0.1, 0.15) is 0 Å². The van der Waals surface area contributed by atoms with Crippen LogP contribution in [0.2, 0.25) is 0 Å². The number of carbonyl (C=O) groups is 2. The highest BCUT2D eigenvalue weighted by Crippen LogP contribution is 2.08. The van der Waals surface area contributed by atoms with E-state index >= 15 is 0 Å². The molecule has 0 saturated carbocycles. The predicted octanol–water partition coefficient (Wildman–Crippen LogP) is 3.49. The van der Waals surface area contributed by atoms with Gasteiger partial charge in [-0.25, -0.2) is 0 Å². The average Bonchev–Trinajstić information content (AvgIpc) is 2.34. The van der Waals surface area contributed by atoms with Crippen molar-refractivity contribution in [1.29, 1.82) is 0 Å². The monoisotopic (exact) mass is 313 g/mol. The molecule has 4 nitrogen and oxygen atoms in total. The smallest absolute Gasteiger partial charge is 0.244 e. The maximum absolute atomic E-state index is 11.3. The number of aliphatic hydroxyl groups is 1. The number of amides is 1. The molecule has 0 saturated heterocycles. The van der Waals surface area contributed by atoms with E-state index in [-0.39, 0.29) is 18.3 Å². The number of hydrogen-bond donors (Lipinski definition) is 2. The topological polar surface area (TPSA) is 66.4 Å². The Morgan fingerprint density at radius 1 is 1.09 bits per heavy atom. The zero-order chi connectivity index (χ0) is 17.8. The quantitative estimate of drug-likeness (QED) is 0.674. The second kappa shape index (κ2) is 12.4. The number of nitrogens with one attached hydrogen (secondary N) is 1. The minimum Gasteiger partial charge on any atom is -0.396 e. The molecule has 2 N–H and O–H groups in total. The molecule has 0 aliphatic carbocycles. The van der Waals surface area contributed by atoms with Crippen molar-refractivity contribution in [2.24, 2.45) is 11.8 Å². The first kappa shape index (κ1) is 23.1. The summed E-state index contributed by atoms with van der Waals surface area (Å²) in [6, 6.07) is 0. The Labute approximate surface area is 136 Å². The standard InChI is InChI=1S/C11H19NO3.C7H16/c1-4-9(14)5-6-10(15)12-11(2,3)7-8-13;1-6(2)5-7(3)4/h5-6,13H,4,7-8H2,1-3H3,(H,12,15);6-7H,5H2,1-4H3/b6-5+;. The molecule has 0 fully saturated rings. The maximum atomic E-state index is 11.3. The van der Waals surface area contributed by atoms with Gasteiger partial charge in [0.2, 0.25) is 5.91 Å². The van der Waals surface area contributed by atoms with E-state index in [9.17, 15) is 9.59 Å². The van der Waals surface area contributed by atoms with Crippen LogP contribution >= 0.6 is 0 Å². The van der Waals surface area contributed by atoms with Crippen molar-refractivity contribution in [2.75, 3.05) is 6.61 Å². The number of aliphatic hydroxyl groups excluding tert-OH is 1. The molecule has 0 radical (unpaired) electrons. The van der Waals surface area contributed by atoms with Gasteiger partial charge in [-0.1, -0.05) is 34.6 Å².